The fraction of sp³-hybridized carbons (Fsp3) is 0.250. The zero-order valence-electron chi connectivity index (χ0n) is 11.3. The summed E-state index contributed by atoms with van der Waals surface area (Å²) in [7, 11) is 0. The van der Waals surface area contributed by atoms with E-state index in [4.69, 9.17) is 20.4 Å². The average Bonchev–Trinajstić information content (AvgIpc) is 2.74. The van der Waals surface area contributed by atoms with Gasteiger partial charge in [0.2, 0.25) is 0 Å². The van der Waals surface area contributed by atoms with E-state index in [-0.39, 0.29) is 75.2 Å². The van der Waals surface area contributed by atoms with Gasteiger partial charge in [-0.15, -0.1) is 11.3 Å². The first kappa shape index (κ1) is 26.1. The van der Waals surface area contributed by atoms with E-state index in [9.17, 15) is 24.4 Å². The number of thiophene rings is 1. The van der Waals surface area contributed by atoms with Crippen LogP contribution in [0.1, 0.15) is 20.8 Å². The number of rotatable bonds is 8. The van der Waals surface area contributed by atoms with Crippen molar-refractivity contribution in [1.29, 1.82) is 5.26 Å². The summed E-state index contributed by atoms with van der Waals surface area (Å²) >= 11 is 0.467. The van der Waals surface area contributed by atoms with Gasteiger partial charge in [0.05, 0.1) is 12.0 Å². The van der Waals surface area contributed by atoms with Crippen molar-refractivity contribution in [3.63, 3.8) is 0 Å². The van der Waals surface area contributed by atoms with Crippen LogP contribution < -0.4 is 4.90 Å². The first-order valence-electron chi connectivity index (χ1n) is 5.86. The van der Waals surface area contributed by atoms with E-state index < -0.39 is 48.3 Å². The molecule has 10 nitrogen and oxygen atoms in total. The van der Waals surface area contributed by atoms with Crippen LogP contribution >= 0.6 is 11.3 Å². The Hall–Kier alpha value is -1.13. The second kappa shape index (κ2) is 11.5. The SMILES string of the molecule is N#Cc1c(N(CC(=O)O)CC(=O)O)sc(C(=O)O)c1CC(=O)O.[NaH].[NaH]. The first-order chi connectivity index (χ1) is 10.7. The van der Waals surface area contributed by atoms with Crippen LogP contribution in [0.25, 0.3) is 0 Å². The van der Waals surface area contributed by atoms with Gasteiger partial charge in [-0.3, -0.25) is 14.4 Å². The number of hydrogen-bond acceptors (Lipinski definition) is 7. The molecule has 0 atom stereocenters. The van der Waals surface area contributed by atoms with Crippen molar-refractivity contribution in [3.8, 4) is 6.07 Å². The van der Waals surface area contributed by atoms with E-state index in [1.807, 2.05) is 0 Å². The zero-order chi connectivity index (χ0) is 17.7. The van der Waals surface area contributed by atoms with Gasteiger partial charge in [0, 0.05) is 5.56 Å². The number of anilines is 1. The van der Waals surface area contributed by atoms with Gasteiger partial charge < -0.3 is 25.3 Å². The monoisotopic (exact) mass is 390 g/mol. The van der Waals surface area contributed by atoms with Gasteiger partial charge in [-0.2, -0.15) is 5.26 Å². The van der Waals surface area contributed by atoms with Crippen LogP contribution in [0.5, 0.6) is 0 Å². The van der Waals surface area contributed by atoms with Crippen LogP contribution in [0.2, 0.25) is 0 Å². The molecule has 1 rings (SSSR count). The van der Waals surface area contributed by atoms with E-state index in [0.29, 0.717) is 11.3 Å². The number of hydrogen-bond donors (Lipinski definition) is 4. The number of nitrogens with zero attached hydrogens (tertiary/aromatic N) is 2. The molecule has 0 unspecified atom stereocenters. The number of nitriles is 1. The Balaban J connectivity index is 0. The van der Waals surface area contributed by atoms with Crippen molar-refractivity contribution in [1.82, 2.24) is 0 Å². The van der Waals surface area contributed by atoms with Crippen LogP contribution in [0.4, 0.5) is 5.00 Å². The molecule has 0 saturated carbocycles. The molecule has 0 aliphatic carbocycles. The molecule has 1 heterocycles. The summed E-state index contributed by atoms with van der Waals surface area (Å²) in [5.41, 5.74) is -0.634. The van der Waals surface area contributed by atoms with Crippen LogP contribution in [-0.2, 0) is 20.8 Å². The molecule has 0 aliphatic heterocycles. The summed E-state index contributed by atoms with van der Waals surface area (Å²) in [6.45, 7) is -1.57. The fourth-order valence-electron chi connectivity index (χ4n) is 1.81. The Morgan fingerprint density at radius 1 is 0.960 bits per heavy atom. The maximum atomic E-state index is 11.2. The zero-order valence-corrected chi connectivity index (χ0v) is 12.2. The number of carboxylic acid groups (broad SMARTS) is 4. The van der Waals surface area contributed by atoms with Gasteiger partial charge in [-0.25, -0.2) is 4.79 Å². The Bertz CT molecular complexity index is 711. The topological polar surface area (TPSA) is 176 Å². The Morgan fingerprint density at radius 2 is 1.44 bits per heavy atom. The van der Waals surface area contributed by atoms with Crippen LogP contribution in [0.15, 0.2) is 0 Å². The quantitative estimate of drug-likeness (QED) is 0.387. The molecule has 0 aromatic carbocycles. The molecular weight excluding hydrogens is 378 g/mol. The van der Waals surface area contributed by atoms with Crippen molar-refractivity contribution in [2.24, 2.45) is 0 Å². The molecule has 0 fully saturated rings. The molecule has 0 aliphatic rings. The number of carboxylic acids is 4. The predicted octanol–water partition coefficient (Wildman–Crippen LogP) is -1.38. The molecule has 13 heteroatoms. The van der Waals surface area contributed by atoms with Crippen molar-refractivity contribution in [2.45, 2.75) is 6.42 Å². The van der Waals surface area contributed by atoms with Crippen LogP contribution in [0.3, 0.4) is 0 Å². The minimum absolute atomic E-state index is 0. The van der Waals surface area contributed by atoms with Gasteiger partial charge in [0.15, 0.2) is 0 Å². The first-order valence-corrected chi connectivity index (χ1v) is 6.68. The summed E-state index contributed by atoms with van der Waals surface area (Å²) in [5.74, 6) is -5.64. The second-order valence-corrected chi connectivity index (χ2v) is 5.22. The van der Waals surface area contributed by atoms with Crippen molar-refractivity contribution < 1.29 is 39.6 Å². The molecule has 126 valence electrons. The Morgan fingerprint density at radius 3 is 1.76 bits per heavy atom. The summed E-state index contributed by atoms with van der Waals surface area (Å²) in [5, 5.41) is 44.6. The van der Waals surface area contributed by atoms with E-state index in [1.54, 1.807) is 6.07 Å². The normalized spacial score (nSPS) is 9.08. The standard InChI is InChI=1S/C12H10N2O8S.2Na.2H/c13-2-6-5(1-7(15)16)10(12(21)22)23-11(6)14(3-8(17)18)4-9(19)20;;;;/h1,3-4H2,(H,15,16)(H,17,18)(H,19,20)(H,21,22);;;;. The fourth-order valence-corrected chi connectivity index (χ4v) is 2.92. The molecule has 0 saturated heterocycles. The Kier molecular flexibility index (Phi) is 12.0. The van der Waals surface area contributed by atoms with Gasteiger partial charge in [-0.05, 0) is 0 Å². The molecule has 0 amide bonds. The molecule has 1 aromatic rings. The predicted molar refractivity (Wildman–Crippen MR) is 89.1 cm³/mol. The van der Waals surface area contributed by atoms with Crippen molar-refractivity contribution in [3.05, 3.63) is 16.0 Å². The maximum absolute atomic E-state index is 11.2. The summed E-state index contributed by atoms with van der Waals surface area (Å²) in [6, 6.07) is 1.63. The molecule has 0 bridgehead atoms. The van der Waals surface area contributed by atoms with Gasteiger partial charge in [0.1, 0.15) is 29.0 Å². The van der Waals surface area contributed by atoms with Crippen molar-refractivity contribution in [2.75, 3.05) is 18.0 Å². The molecule has 0 radical (unpaired) electrons. The third-order valence-corrected chi connectivity index (χ3v) is 3.84. The van der Waals surface area contributed by atoms with Crippen LogP contribution in [-0.4, -0.2) is 117 Å². The molecule has 0 spiro atoms. The van der Waals surface area contributed by atoms with E-state index in [0.717, 1.165) is 4.90 Å². The van der Waals surface area contributed by atoms with Crippen LogP contribution in [0, 0.1) is 11.3 Å². The molecule has 1 aromatic heterocycles. The third-order valence-electron chi connectivity index (χ3n) is 2.56. The number of aliphatic carboxylic acids is 3. The van der Waals surface area contributed by atoms with E-state index >= 15 is 0 Å². The Labute approximate surface area is 189 Å². The third kappa shape index (κ3) is 7.33. The summed E-state index contributed by atoms with van der Waals surface area (Å²) in [6.07, 6.45) is -0.755. The van der Waals surface area contributed by atoms with Gasteiger partial charge in [-0.1, -0.05) is 0 Å². The minimum atomic E-state index is -1.49. The molecular formula is C12H12N2Na2O8S. The second-order valence-electron chi connectivity index (χ2n) is 4.22. The van der Waals surface area contributed by atoms with E-state index in [1.165, 1.54) is 0 Å². The average molecular weight is 390 g/mol. The summed E-state index contributed by atoms with van der Waals surface area (Å²) in [4.78, 5) is 44.1. The molecule has 4 N–H and O–H groups in total. The van der Waals surface area contributed by atoms with Gasteiger partial charge >= 0.3 is 83.0 Å². The molecule has 25 heavy (non-hydrogen) atoms. The van der Waals surface area contributed by atoms with E-state index in [2.05, 4.69) is 0 Å². The number of carbonyl (C=O) groups is 4. The summed E-state index contributed by atoms with van der Waals surface area (Å²) < 4.78 is 0. The van der Waals surface area contributed by atoms with Gasteiger partial charge in [0.25, 0.3) is 0 Å². The van der Waals surface area contributed by atoms with Crippen molar-refractivity contribution >= 4 is 99.3 Å². The number of aromatic carboxylic acids is 1.